The van der Waals surface area contributed by atoms with Crippen LogP contribution >= 0.6 is 0 Å². The maximum atomic E-state index is 13.7. The summed E-state index contributed by atoms with van der Waals surface area (Å²) in [5.74, 6) is -0.0423. The number of anilines is 2. The molecule has 1 aromatic heterocycles. The molecule has 0 aliphatic carbocycles. The number of rotatable bonds is 8. The van der Waals surface area contributed by atoms with E-state index in [1.807, 2.05) is 49.4 Å². The Morgan fingerprint density at radius 1 is 0.971 bits per heavy atom. The minimum Gasteiger partial charge on any atom is -0.384 e. The van der Waals surface area contributed by atoms with Gasteiger partial charge in [-0.25, -0.2) is 13.4 Å². The Labute approximate surface area is 202 Å². The lowest BCUT2D eigenvalue weighted by Crippen LogP contribution is -2.42. The van der Waals surface area contributed by atoms with Gasteiger partial charge in [-0.15, -0.1) is 0 Å². The third kappa shape index (κ3) is 5.94. The summed E-state index contributed by atoms with van der Waals surface area (Å²) in [4.78, 5) is 19.0. The van der Waals surface area contributed by atoms with Gasteiger partial charge in [-0.05, 0) is 47.7 Å². The van der Waals surface area contributed by atoms with Crippen LogP contribution < -0.4 is 10.0 Å². The monoisotopic (exact) mass is 480 g/mol. The molecule has 7 nitrogen and oxygen atoms in total. The molecule has 1 heterocycles. The predicted octanol–water partition coefficient (Wildman–Crippen LogP) is 4.21. The van der Waals surface area contributed by atoms with Crippen molar-refractivity contribution in [2.45, 2.75) is 44.6 Å². The number of amides is 1. The predicted molar refractivity (Wildman–Crippen MR) is 136 cm³/mol. The van der Waals surface area contributed by atoms with Crippen LogP contribution in [-0.2, 0) is 26.8 Å². The van der Waals surface area contributed by atoms with Crippen molar-refractivity contribution in [3.8, 4) is 0 Å². The second-order valence-corrected chi connectivity index (χ2v) is 11.0. The van der Waals surface area contributed by atoms with Gasteiger partial charge in [0.1, 0.15) is 12.4 Å². The van der Waals surface area contributed by atoms with Gasteiger partial charge in [-0.3, -0.25) is 9.10 Å². The molecule has 0 atom stereocenters. The SMILES string of the molecule is CCN(Cc1ccccc1)C(=O)CN(c1ccc(N)nc1)S(=O)(=O)c1ccc(C(C)(C)C)cc1. The molecule has 3 aromatic rings. The summed E-state index contributed by atoms with van der Waals surface area (Å²) < 4.78 is 28.5. The highest BCUT2D eigenvalue weighted by Crippen LogP contribution is 2.27. The molecular formula is C26H32N4O3S. The highest BCUT2D eigenvalue weighted by molar-refractivity contribution is 7.92. The molecule has 180 valence electrons. The summed E-state index contributed by atoms with van der Waals surface area (Å²) in [6.45, 7) is 8.55. The summed E-state index contributed by atoms with van der Waals surface area (Å²) in [5, 5.41) is 0. The Bertz CT molecular complexity index is 1200. The molecule has 2 N–H and O–H groups in total. The van der Waals surface area contributed by atoms with Crippen LogP contribution in [0.2, 0.25) is 0 Å². The van der Waals surface area contributed by atoms with E-state index in [2.05, 4.69) is 25.8 Å². The van der Waals surface area contributed by atoms with Gasteiger partial charge in [-0.1, -0.05) is 63.2 Å². The third-order valence-electron chi connectivity index (χ3n) is 5.60. The molecule has 3 rings (SSSR count). The van der Waals surface area contributed by atoms with Gasteiger partial charge in [0.05, 0.1) is 16.8 Å². The van der Waals surface area contributed by atoms with Gasteiger partial charge < -0.3 is 10.6 Å². The summed E-state index contributed by atoms with van der Waals surface area (Å²) in [6.07, 6.45) is 1.37. The van der Waals surface area contributed by atoms with E-state index in [1.165, 1.54) is 12.3 Å². The number of hydrogen-bond acceptors (Lipinski definition) is 5. The molecular weight excluding hydrogens is 448 g/mol. The fourth-order valence-electron chi connectivity index (χ4n) is 3.52. The fraction of sp³-hybridized carbons (Fsp3) is 0.308. The Morgan fingerprint density at radius 3 is 2.15 bits per heavy atom. The fourth-order valence-corrected chi connectivity index (χ4v) is 4.92. The topological polar surface area (TPSA) is 96.6 Å². The number of nitrogen functional groups attached to an aromatic ring is 1. The minimum absolute atomic E-state index is 0.108. The Hall–Kier alpha value is -3.39. The molecule has 1 amide bonds. The van der Waals surface area contributed by atoms with E-state index in [1.54, 1.807) is 23.1 Å². The van der Waals surface area contributed by atoms with Gasteiger partial charge in [-0.2, -0.15) is 0 Å². The second kappa shape index (κ2) is 10.3. The first kappa shape index (κ1) is 25.2. The number of pyridine rings is 1. The van der Waals surface area contributed by atoms with E-state index in [-0.39, 0.29) is 34.3 Å². The van der Waals surface area contributed by atoms with E-state index in [4.69, 9.17) is 5.73 Å². The zero-order valence-electron chi connectivity index (χ0n) is 20.1. The van der Waals surface area contributed by atoms with Gasteiger partial charge >= 0.3 is 0 Å². The zero-order valence-corrected chi connectivity index (χ0v) is 20.9. The van der Waals surface area contributed by atoms with E-state index in [9.17, 15) is 13.2 Å². The minimum atomic E-state index is -4.03. The van der Waals surface area contributed by atoms with Crippen molar-refractivity contribution in [1.29, 1.82) is 0 Å². The molecule has 0 unspecified atom stereocenters. The first-order chi connectivity index (χ1) is 16.0. The van der Waals surface area contributed by atoms with E-state index >= 15 is 0 Å². The average Bonchev–Trinajstić information content (AvgIpc) is 2.81. The smallest absolute Gasteiger partial charge is 0.264 e. The molecule has 0 fully saturated rings. The quantitative estimate of drug-likeness (QED) is 0.521. The number of hydrogen-bond donors (Lipinski definition) is 1. The lowest BCUT2D eigenvalue weighted by Gasteiger charge is -2.28. The van der Waals surface area contributed by atoms with Crippen molar-refractivity contribution in [2.75, 3.05) is 23.1 Å². The molecule has 0 saturated heterocycles. The lowest BCUT2D eigenvalue weighted by atomic mass is 9.87. The normalized spacial score (nSPS) is 11.8. The zero-order chi connectivity index (χ0) is 24.9. The van der Waals surface area contributed by atoms with Crippen molar-refractivity contribution in [3.63, 3.8) is 0 Å². The van der Waals surface area contributed by atoms with Crippen LogP contribution in [0.4, 0.5) is 11.5 Å². The highest BCUT2D eigenvalue weighted by atomic mass is 32.2. The van der Waals surface area contributed by atoms with Crippen LogP contribution in [0.3, 0.4) is 0 Å². The van der Waals surface area contributed by atoms with E-state index in [0.29, 0.717) is 13.1 Å². The number of nitrogens with two attached hydrogens (primary N) is 1. The van der Waals surface area contributed by atoms with Gasteiger partial charge in [0, 0.05) is 13.1 Å². The van der Waals surface area contributed by atoms with Crippen molar-refractivity contribution in [1.82, 2.24) is 9.88 Å². The first-order valence-electron chi connectivity index (χ1n) is 11.2. The third-order valence-corrected chi connectivity index (χ3v) is 7.38. The molecule has 0 saturated carbocycles. The lowest BCUT2D eigenvalue weighted by molar-refractivity contribution is -0.129. The maximum Gasteiger partial charge on any atom is 0.264 e. The Morgan fingerprint density at radius 2 is 1.62 bits per heavy atom. The van der Waals surface area contributed by atoms with Crippen molar-refractivity contribution in [3.05, 3.63) is 84.1 Å². The number of benzene rings is 2. The molecule has 0 spiro atoms. The Kier molecular flexibility index (Phi) is 7.61. The van der Waals surface area contributed by atoms with Gasteiger partial charge in [0.15, 0.2) is 0 Å². The van der Waals surface area contributed by atoms with Crippen LogP contribution in [0.25, 0.3) is 0 Å². The largest absolute Gasteiger partial charge is 0.384 e. The molecule has 0 aliphatic heterocycles. The number of aromatic nitrogens is 1. The number of nitrogens with zero attached hydrogens (tertiary/aromatic N) is 3. The number of sulfonamides is 1. The highest BCUT2D eigenvalue weighted by Gasteiger charge is 2.29. The van der Waals surface area contributed by atoms with Crippen LogP contribution in [0, 0.1) is 0 Å². The summed E-state index contributed by atoms with van der Waals surface area (Å²) in [6, 6.07) is 19.5. The summed E-state index contributed by atoms with van der Waals surface area (Å²) >= 11 is 0. The number of carbonyl (C=O) groups excluding carboxylic acids is 1. The van der Waals surface area contributed by atoms with Crippen LogP contribution in [0.1, 0.15) is 38.8 Å². The van der Waals surface area contributed by atoms with Gasteiger partial charge in [0.25, 0.3) is 10.0 Å². The maximum absolute atomic E-state index is 13.7. The number of likely N-dealkylation sites (N-methyl/N-ethyl adjacent to an activating group) is 1. The molecule has 34 heavy (non-hydrogen) atoms. The van der Waals surface area contributed by atoms with Crippen LogP contribution in [-0.4, -0.2) is 37.3 Å². The summed E-state index contributed by atoms with van der Waals surface area (Å²) in [7, 11) is -4.03. The van der Waals surface area contributed by atoms with E-state index in [0.717, 1.165) is 15.4 Å². The Balaban J connectivity index is 1.95. The van der Waals surface area contributed by atoms with Crippen LogP contribution in [0.5, 0.6) is 0 Å². The van der Waals surface area contributed by atoms with Crippen LogP contribution in [0.15, 0.2) is 77.8 Å². The van der Waals surface area contributed by atoms with E-state index < -0.39 is 10.0 Å². The molecule has 0 bridgehead atoms. The van der Waals surface area contributed by atoms with Crippen molar-refractivity contribution in [2.24, 2.45) is 0 Å². The van der Waals surface area contributed by atoms with Gasteiger partial charge in [0.2, 0.25) is 5.91 Å². The molecule has 8 heteroatoms. The molecule has 0 radical (unpaired) electrons. The standard InChI is InChI=1S/C26H32N4O3S/c1-5-29(18-20-9-7-6-8-10-20)25(31)19-30(22-13-16-24(27)28-17-22)34(32,33)23-14-11-21(12-15-23)26(2,3)4/h6-17H,5,18-19H2,1-4H3,(H2,27,28). The van der Waals surface area contributed by atoms with Crippen molar-refractivity contribution < 1.29 is 13.2 Å². The second-order valence-electron chi connectivity index (χ2n) is 9.12. The number of carbonyl (C=O) groups is 1. The van der Waals surface area contributed by atoms with Crippen molar-refractivity contribution >= 4 is 27.4 Å². The molecule has 0 aliphatic rings. The average molecular weight is 481 g/mol. The first-order valence-corrected chi connectivity index (χ1v) is 12.6. The summed E-state index contributed by atoms with van der Waals surface area (Å²) in [5.41, 5.74) is 7.86. The molecule has 2 aromatic carbocycles.